The number of ether oxygens (including phenoxy) is 1. The van der Waals surface area contributed by atoms with E-state index in [9.17, 15) is 4.79 Å². The molecular formula is C13H17BrClNO2. The van der Waals surface area contributed by atoms with Gasteiger partial charge in [0.05, 0.1) is 12.7 Å². The highest BCUT2D eigenvalue weighted by atomic mass is 79.9. The van der Waals surface area contributed by atoms with Crippen LogP contribution in [0.25, 0.3) is 0 Å². The number of hydrogen-bond acceptors (Lipinski definition) is 2. The van der Waals surface area contributed by atoms with Crippen LogP contribution in [-0.4, -0.2) is 36.3 Å². The maximum absolute atomic E-state index is 12.3. The van der Waals surface area contributed by atoms with Gasteiger partial charge in [-0.1, -0.05) is 34.5 Å². The van der Waals surface area contributed by atoms with Crippen LogP contribution in [0.2, 0.25) is 5.02 Å². The average molecular weight is 335 g/mol. The van der Waals surface area contributed by atoms with Gasteiger partial charge >= 0.3 is 0 Å². The summed E-state index contributed by atoms with van der Waals surface area (Å²) in [5.74, 6) is 0.464. The van der Waals surface area contributed by atoms with E-state index < -0.39 is 0 Å². The summed E-state index contributed by atoms with van der Waals surface area (Å²) in [4.78, 5) is 14.3. The summed E-state index contributed by atoms with van der Waals surface area (Å²) < 4.78 is 5.18. The van der Waals surface area contributed by atoms with Crippen LogP contribution in [0.15, 0.2) is 18.2 Å². The molecule has 0 saturated carbocycles. The summed E-state index contributed by atoms with van der Waals surface area (Å²) in [6, 6.07) is 5.05. The molecule has 0 aliphatic carbocycles. The van der Waals surface area contributed by atoms with Crippen LogP contribution in [0.3, 0.4) is 0 Å². The van der Waals surface area contributed by atoms with Crippen LogP contribution in [0, 0.1) is 0 Å². The number of nitrogens with zero attached hydrogens (tertiary/aromatic N) is 1. The molecule has 3 nitrogen and oxygen atoms in total. The molecular weight excluding hydrogens is 318 g/mol. The number of rotatable bonds is 5. The van der Waals surface area contributed by atoms with Crippen molar-refractivity contribution in [2.75, 3.05) is 20.7 Å². The number of alkyl halides is 1. The number of benzene rings is 1. The second-order valence-electron chi connectivity index (χ2n) is 4.14. The highest BCUT2D eigenvalue weighted by Crippen LogP contribution is 2.24. The fourth-order valence-corrected chi connectivity index (χ4v) is 1.90. The van der Waals surface area contributed by atoms with Gasteiger partial charge < -0.3 is 9.64 Å². The van der Waals surface area contributed by atoms with Gasteiger partial charge in [0.1, 0.15) is 5.75 Å². The molecule has 0 radical (unpaired) electrons. The van der Waals surface area contributed by atoms with E-state index in [-0.39, 0.29) is 5.91 Å². The molecule has 1 aromatic rings. The van der Waals surface area contributed by atoms with E-state index in [2.05, 4.69) is 22.9 Å². The Kier molecular flexibility index (Phi) is 5.96. The lowest BCUT2D eigenvalue weighted by molar-refractivity contribution is 0.0790. The first-order chi connectivity index (χ1) is 8.45. The molecule has 5 heteroatoms. The Balaban J connectivity index is 2.85. The molecule has 0 heterocycles. The van der Waals surface area contributed by atoms with Gasteiger partial charge in [0.2, 0.25) is 0 Å². The summed E-state index contributed by atoms with van der Waals surface area (Å²) in [6.07, 6.45) is 0.894. The molecule has 0 aliphatic rings. The molecule has 0 bridgehead atoms. The third kappa shape index (κ3) is 4.18. The van der Waals surface area contributed by atoms with Crippen molar-refractivity contribution >= 4 is 33.4 Å². The molecule has 0 N–H and O–H groups in total. The Morgan fingerprint density at radius 1 is 1.56 bits per heavy atom. The zero-order chi connectivity index (χ0) is 13.7. The number of halogens is 2. The molecule has 1 aromatic carbocycles. The molecule has 0 aromatic heterocycles. The first kappa shape index (κ1) is 15.3. The number of carbonyl (C=O) groups is 1. The average Bonchev–Trinajstić information content (AvgIpc) is 2.34. The minimum absolute atomic E-state index is 0.0810. The summed E-state index contributed by atoms with van der Waals surface area (Å²) in [6.45, 7) is 2.74. The van der Waals surface area contributed by atoms with Crippen molar-refractivity contribution in [1.82, 2.24) is 4.90 Å². The zero-order valence-corrected chi connectivity index (χ0v) is 13.1. The fourth-order valence-electron chi connectivity index (χ4n) is 1.53. The van der Waals surface area contributed by atoms with E-state index in [0.29, 0.717) is 27.7 Å². The van der Waals surface area contributed by atoms with E-state index in [4.69, 9.17) is 16.3 Å². The van der Waals surface area contributed by atoms with Crippen molar-refractivity contribution in [2.24, 2.45) is 0 Å². The Labute approximate surface area is 121 Å². The van der Waals surface area contributed by atoms with Gasteiger partial charge in [-0.3, -0.25) is 4.79 Å². The normalized spacial score (nSPS) is 12.1. The van der Waals surface area contributed by atoms with E-state index in [1.165, 1.54) is 0 Å². The minimum atomic E-state index is -0.0810. The molecule has 0 aliphatic heterocycles. The van der Waals surface area contributed by atoms with Crippen LogP contribution < -0.4 is 4.74 Å². The van der Waals surface area contributed by atoms with Crippen LogP contribution >= 0.6 is 27.5 Å². The molecule has 1 rings (SSSR count). The highest BCUT2D eigenvalue weighted by Gasteiger charge is 2.17. The zero-order valence-electron chi connectivity index (χ0n) is 10.7. The molecule has 1 unspecified atom stereocenters. The van der Waals surface area contributed by atoms with Gasteiger partial charge in [-0.05, 0) is 24.6 Å². The predicted molar refractivity (Wildman–Crippen MR) is 78.0 cm³/mol. The van der Waals surface area contributed by atoms with Gasteiger partial charge in [-0.15, -0.1) is 0 Å². The van der Waals surface area contributed by atoms with Gasteiger partial charge in [0.15, 0.2) is 0 Å². The van der Waals surface area contributed by atoms with E-state index in [1.807, 2.05) is 0 Å². The lowest BCUT2D eigenvalue weighted by Crippen LogP contribution is -2.29. The van der Waals surface area contributed by atoms with Gasteiger partial charge in [0, 0.05) is 23.4 Å². The monoisotopic (exact) mass is 333 g/mol. The highest BCUT2D eigenvalue weighted by molar-refractivity contribution is 9.09. The van der Waals surface area contributed by atoms with E-state index in [0.717, 1.165) is 6.42 Å². The van der Waals surface area contributed by atoms with Gasteiger partial charge in [0.25, 0.3) is 5.91 Å². The number of amides is 1. The Hall–Kier alpha value is -0.740. The molecule has 1 atom stereocenters. The summed E-state index contributed by atoms with van der Waals surface area (Å²) in [7, 11) is 3.32. The number of carbonyl (C=O) groups excluding carboxylic acids is 1. The fraction of sp³-hybridized carbons (Fsp3) is 0.462. The van der Waals surface area contributed by atoms with Crippen molar-refractivity contribution in [1.29, 1.82) is 0 Å². The number of methoxy groups -OCH3 is 1. The van der Waals surface area contributed by atoms with Crippen molar-refractivity contribution in [3.63, 3.8) is 0 Å². The maximum Gasteiger partial charge on any atom is 0.257 e. The third-order valence-corrected chi connectivity index (χ3v) is 3.29. The van der Waals surface area contributed by atoms with Crippen LogP contribution in [0.1, 0.15) is 23.7 Å². The summed E-state index contributed by atoms with van der Waals surface area (Å²) >= 11 is 9.38. The standard InChI is InChI=1S/C13H17BrClNO2/c1-9(14)6-7-16(2)13(17)11-8-10(15)4-5-12(11)18-3/h4-5,8-9H,6-7H2,1-3H3. The van der Waals surface area contributed by atoms with Crippen molar-refractivity contribution in [2.45, 2.75) is 18.2 Å². The lowest BCUT2D eigenvalue weighted by atomic mass is 10.1. The molecule has 1 amide bonds. The first-order valence-electron chi connectivity index (χ1n) is 5.68. The molecule has 100 valence electrons. The topological polar surface area (TPSA) is 29.5 Å². The summed E-state index contributed by atoms with van der Waals surface area (Å²) in [5.41, 5.74) is 0.495. The van der Waals surface area contributed by atoms with Crippen molar-refractivity contribution in [3.8, 4) is 5.75 Å². The van der Waals surface area contributed by atoms with Crippen LogP contribution in [-0.2, 0) is 0 Å². The van der Waals surface area contributed by atoms with Gasteiger partial charge in [-0.2, -0.15) is 0 Å². The molecule has 18 heavy (non-hydrogen) atoms. The second-order valence-corrected chi connectivity index (χ2v) is 6.14. The first-order valence-corrected chi connectivity index (χ1v) is 6.98. The van der Waals surface area contributed by atoms with Gasteiger partial charge in [-0.25, -0.2) is 0 Å². The summed E-state index contributed by atoms with van der Waals surface area (Å²) in [5, 5.41) is 0.529. The van der Waals surface area contributed by atoms with E-state index >= 15 is 0 Å². The largest absolute Gasteiger partial charge is 0.496 e. The van der Waals surface area contributed by atoms with Crippen LogP contribution in [0.4, 0.5) is 0 Å². The Morgan fingerprint density at radius 2 is 2.22 bits per heavy atom. The molecule has 0 spiro atoms. The van der Waals surface area contributed by atoms with Crippen LogP contribution in [0.5, 0.6) is 5.75 Å². The van der Waals surface area contributed by atoms with E-state index in [1.54, 1.807) is 37.3 Å². The van der Waals surface area contributed by atoms with Crippen molar-refractivity contribution in [3.05, 3.63) is 28.8 Å². The minimum Gasteiger partial charge on any atom is -0.496 e. The molecule has 0 fully saturated rings. The van der Waals surface area contributed by atoms with Crippen molar-refractivity contribution < 1.29 is 9.53 Å². The Morgan fingerprint density at radius 3 is 2.78 bits per heavy atom. The maximum atomic E-state index is 12.3. The number of hydrogen-bond donors (Lipinski definition) is 0. The third-order valence-electron chi connectivity index (χ3n) is 2.60. The predicted octanol–water partition coefficient (Wildman–Crippen LogP) is 3.59. The Bertz CT molecular complexity index is 423. The lowest BCUT2D eigenvalue weighted by Gasteiger charge is -2.19. The SMILES string of the molecule is COc1ccc(Cl)cc1C(=O)N(C)CCC(C)Br. The second kappa shape index (κ2) is 7.00. The smallest absolute Gasteiger partial charge is 0.257 e. The molecule has 0 saturated heterocycles. The quantitative estimate of drug-likeness (QED) is 0.770.